The zero-order valence-electron chi connectivity index (χ0n) is 16.7. The number of carbonyl (C=O) groups is 2. The number of amides is 1. The van der Waals surface area contributed by atoms with Crippen LogP contribution in [0, 0.1) is 0 Å². The molecule has 6 heteroatoms. The fourth-order valence-electron chi connectivity index (χ4n) is 4.38. The molecule has 0 saturated carbocycles. The van der Waals surface area contributed by atoms with E-state index in [0.717, 1.165) is 25.9 Å². The second-order valence-corrected chi connectivity index (χ2v) is 7.91. The molecule has 1 amide bonds. The van der Waals surface area contributed by atoms with E-state index in [-0.39, 0.29) is 12.2 Å². The molecule has 2 aromatic carbocycles. The molecule has 1 saturated heterocycles. The number of likely N-dealkylation sites (tertiary alicyclic amines) is 1. The number of hydrogen-bond acceptors (Lipinski definition) is 4. The molecule has 0 unspecified atom stereocenters. The van der Waals surface area contributed by atoms with E-state index >= 15 is 0 Å². The Hall–Kier alpha value is -2.70. The van der Waals surface area contributed by atoms with E-state index < -0.39 is 11.5 Å². The molecule has 2 aliphatic heterocycles. The Morgan fingerprint density at radius 3 is 2.48 bits per heavy atom. The van der Waals surface area contributed by atoms with Crippen molar-refractivity contribution in [3.05, 3.63) is 59.7 Å². The highest BCUT2D eigenvalue weighted by atomic mass is 16.5. The van der Waals surface area contributed by atoms with Gasteiger partial charge in [-0.05, 0) is 49.6 Å². The van der Waals surface area contributed by atoms with Crippen molar-refractivity contribution in [3.63, 3.8) is 0 Å². The van der Waals surface area contributed by atoms with Crippen molar-refractivity contribution in [1.29, 1.82) is 0 Å². The second kappa shape index (κ2) is 7.97. The average Bonchev–Trinajstić information content (AvgIpc) is 2.96. The molecular weight excluding hydrogens is 368 g/mol. The van der Waals surface area contributed by atoms with Gasteiger partial charge in [-0.15, -0.1) is 0 Å². The van der Waals surface area contributed by atoms with Crippen LogP contribution in [0.25, 0.3) is 0 Å². The Morgan fingerprint density at radius 2 is 1.79 bits per heavy atom. The van der Waals surface area contributed by atoms with E-state index in [2.05, 4.69) is 0 Å². The minimum absolute atomic E-state index is 0.273. The number of hydrogen-bond donors (Lipinski definition) is 2. The number of quaternary nitrogens is 1. The molecule has 2 aliphatic rings. The van der Waals surface area contributed by atoms with Crippen molar-refractivity contribution in [2.75, 3.05) is 31.8 Å². The number of methoxy groups -OCH3 is 1. The largest absolute Gasteiger partial charge is 0.497 e. The molecule has 2 N–H and O–H groups in total. The van der Waals surface area contributed by atoms with Crippen LogP contribution < -0.4 is 14.5 Å². The summed E-state index contributed by atoms with van der Waals surface area (Å²) in [7, 11) is 1.56. The van der Waals surface area contributed by atoms with Crippen LogP contribution in [0.1, 0.15) is 41.6 Å². The Morgan fingerprint density at radius 1 is 1.10 bits per heavy atom. The average molecular weight is 395 g/mol. The molecular formula is C23H27N2O4+. The van der Waals surface area contributed by atoms with Gasteiger partial charge in [0.25, 0.3) is 5.91 Å². The lowest BCUT2D eigenvalue weighted by Gasteiger charge is -2.29. The summed E-state index contributed by atoms with van der Waals surface area (Å²) in [6.45, 7) is 2.57. The van der Waals surface area contributed by atoms with Crippen molar-refractivity contribution >= 4 is 17.4 Å². The smallest absolute Gasteiger partial charge is 0.268 e. The number of aliphatic hydroxyl groups is 1. The van der Waals surface area contributed by atoms with Crippen LogP contribution in [0.15, 0.2) is 48.5 Å². The number of piperidine rings is 1. The number of fused-ring (bicyclic) bond motifs is 1. The minimum Gasteiger partial charge on any atom is -0.497 e. The molecule has 2 aromatic rings. The zero-order valence-corrected chi connectivity index (χ0v) is 16.7. The third kappa shape index (κ3) is 3.66. The third-order valence-electron chi connectivity index (χ3n) is 6.01. The van der Waals surface area contributed by atoms with E-state index in [4.69, 9.17) is 4.74 Å². The van der Waals surface area contributed by atoms with Crippen LogP contribution in [0.2, 0.25) is 0 Å². The Balaban J connectivity index is 1.59. The Labute approximate surface area is 170 Å². The number of carbonyl (C=O) groups excluding carboxylic acids is 2. The lowest BCUT2D eigenvalue weighted by Crippen LogP contribution is -3.14. The monoisotopic (exact) mass is 395 g/mol. The maximum Gasteiger partial charge on any atom is 0.268 e. The number of benzene rings is 2. The van der Waals surface area contributed by atoms with Crippen LogP contribution >= 0.6 is 0 Å². The Kier molecular flexibility index (Phi) is 5.39. The van der Waals surface area contributed by atoms with Crippen LogP contribution in [0.4, 0.5) is 5.69 Å². The van der Waals surface area contributed by atoms with Gasteiger partial charge in [0, 0.05) is 11.1 Å². The van der Waals surface area contributed by atoms with Gasteiger partial charge in [0.1, 0.15) is 5.75 Å². The first-order valence-electron chi connectivity index (χ1n) is 10.2. The summed E-state index contributed by atoms with van der Waals surface area (Å²) in [5, 5.41) is 11.4. The molecule has 1 atom stereocenters. The van der Waals surface area contributed by atoms with Crippen LogP contribution in [0.5, 0.6) is 5.75 Å². The molecule has 29 heavy (non-hydrogen) atoms. The maximum absolute atomic E-state index is 13.3. The van der Waals surface area contributed by atoms with E-state index in [1.54, 1.807) is 48.4 Å². The first kappa shape index (κ1) is 19.6. The summed E-state index contributed by atoms with van der Waals surface area (Å²) in [5.41, 5.74) is -0.156. The molecule has 0 radical (unpaired) electrons. The zero-order chi connectivity index (χ0) is 20.4. The molecule has 2 heterocycles. The van der Waals surface area contributed by atoms with Crippen LogP contribution in [-0.4, -0.2) is 43.7 Å². The normalized spacial score (nSPS) is 21.9. The molecule has 6 nitrogen and oxygen atoms in total. The van der Waals surface area contributed by atoms with Crippen molar-refractivity contribution in [2.45, 2.75) is 31.3 Å². The summed E-state index contributed by atoms with van der Waals surface area (Å²) < 4.78 is 5.13. The lowest BCUT2D eigenvalue weighted by molar-refractivity contribution is -0.903. The van der Waals surface area contributed by atoms with Crippen molar-refractivity contribution in [3.8, 4) is 5.75 Å². The van der Waals surface area contributed by atoms with E-state index in [1.165, 1.54) is 11.3 Å². The number of para-hydroxylation sites is 1. The minimum atomic E-state index is -1.83. The number of anilines is 1. The van der Waals surface area contributed by atoms with Gasteiger partial charge in [0.2, 0.25) is 0 Å². The number of ketones is 1. The summed E-state index contributed by atoms with van der Waals surface area (Å²) in [5.74, 6) is -0.0256. The van der Waals surface area contributed by atoms with E-state index in [0.29, 0.717) is 29.2 Å². The first-order chi connectivity index (χ1) is 14.0. The molecule has 0 spiro atoms. The highest BCUT2D eigenvalue weighted by molar-refractivity contribution is 6.10. The number of nitrogens with one attached hydrogen (secondary N) is 1. The lowest BCUT2D eigenvalue weighted by atomic mass is 9.88. The summed E-state index contributed by atoms with van der Waals surface area (Å²) >= 11 is 0. The number of Topliss-reactive ketones (excluding diaryl/α,β-unsaturated/α-hetero) is 1. The topological polar surface area (TPSA) is 71.3 Å². The van der Waals surface area contributed by atoms with Crippen molar-refractivity contribution in [2.24, 2.45) is 0 Å². The van der Waals surface area contributed by atoms with Gasteiger partial charge < -0.3 is 14.7 Å². The summed E-state index contributed by atoms with van der Waals surface area (Å²) in [6, 6.07) is 14.0. The van der Waals surface area contributed by atoms with E-state index in [9.17, 15) is 14.7 Å². The first-order valence-corrected chi connectivity index (χ1v) is 10.2. The summed E-state index contributed by atoms with van der Waals surface area (Å²) in [4.78, 5) is 29.2. The van der Waals surface area contributed by atoms with Gasteiger partial charge in [-0.2, -0.15) is 0 Å². The molecule has 0 aromatic heterocycles. The molecule has 4 rings (SSSR count). The number of nitrogens with zero attached hydrogens (tertiary/aromatic N) is 1. The molecule has 152 valence electrons. The van der Waals surface area contributed by atoms with Gasteiger partial charge in [-0.1, -0.05) is 18.2 Å². The van der Waals surface area contributed by atoms with Gasteiger partial charge in [0.05, 0.1) is 32.3 Å². The highest BCUT2D eigenvalue weighted by Crippen LogP contribution is 2.42. The predicted octanol–water partition coefficient (Wildman–Crippen LogP) is 1.53. The number of rotatable bonds is 6. The van der Waals surface area contributed by atoms with Crippen LogP contribution in [0.3, 0.4) is 0 Å². The summed E-state index contributed by atoms with van der Waals surface area (Å²) in [6.07, 6.45) is 3.26. The standard InChI is InChI=1S/C23H26N2O4/c1-29-18-11-9-17(10-12-18)21(26)15-23(28)19-7-3-4-8-20(19)25(22(23)27)16-24-13-5-2-6-14-24/h3-4,7-12,28H,2,5-6,13-16H2,1H3/p+1/t23-/m0/s1. The second-order valence-electron chi connectivity index (χ2n) is 7.91. The van der Waals surface area contributed by atoms with E-state index in [1.807, 2.05) is 12.1 Å². The fraction of sp³-hybridized carbons (Fsp3) is 0.391. The molecule has 0 bridgehead atoms. The van der Waals surface area contributed by atoms with Crippen molar-refractivity contribution < 1.29 is 24.3 Å². The number of ether oxygens (including phenoxy) is 1. The van der Waals surface area contributed by atoms with Gasteiger partial charge >= 0.3 is 0 Å². The maximum atomic E-state index is 13.3. The third-order valence-corrected chi connectivity index (χ3v) is 6.01. The fourth-order valence-corrected chi connectivity index (χ4v) is 4.38. The molecule has 1 fully saturated rings. The predicted molar refractivity (Wildman–Crippen MR) is 109 cm³/mol. The van der Waals surface area contributed by atoms with Gasteiger partial charge in [-0.25, -0.2) is 0 Å². The SMILES string of the molecule is COc1ccc(C(=O)C[C@@]2(O)C(=O)N(C[NH+]3CCCCC3)c3ccccc32)cc1. The highest BCUT2D eigenvalue weighted by Gasteiger charge is 2.51. The van der Waals surface area contributed by atoms with Gasteiger partial charge in [-0.3, -0.25) is 14.5 Å². The molecule has 0 aliphatic carbocycles. The van der Waals surface area contributed by atoms with Crippen molar-refractivity contribution in [1.82, 2.24) is 0 Å². The van der Waals surface area contributed by atoms with Crippen LogP contribution in [-0.2, 0) is 10.4 Å². The quantitative estimate of drug-likeness (QED) is 0.728. The van der Waals surface area contributed by atoms with Gasteiger partial charge in [0.15, 0.2) is 18.1 Å². The Bertz CT molecular complexity index is 905.